The highest BCUT2D eigenvalue weighted by molar-refractivity contribution is 6.32. The lowest BCUT2D eigenvalue weighted by Gasteiger charge is -2.43. The topological polar surface area (TPSA) is 188 Å². The van der Waals surface area contributed by atoms with Gasteiger partial charge in [0.25, 0.3) is 5.91 Å². The fourth-order valence-corrected chi connectivity index (χ4v) is 5.82. The predicted octanol–water partition coefficient (Wildman–Crippen LogP) is 1.71. The highest BCUT2D eigenvalue weighted by Gasteiger charge is 2.72. The van der Waals surface area contributed by atoms with Crippen LogP contribution in [0.2, 0.25) is 0 Å². The minimum atomic E-state index is -2.77. The molecule has 0 bridgehead atoms. The maximum absolute atomic E-state index is 14.8. The van der Waals surface area contributed by atoms with Crippen LogP contribution >= 0.6 is 0 Å². The molecule has 4 heterocycles. The van der Waals surface area contributed by atoms with Crippen LogP contribution in [0.5, 0.6) is 0 Å². The van der Waals surface area contributed by atoms with E-state index in [0.29, 0.717) is 11.4 Å². The summed E-state index contributed by atoms with van der Waals surface area (Å²) in [5.41, 5.74) is -3.46. The molecule has 15 nitrogen and oxygen atoms in total. The molecule has 0 saturated carbocycles. The monoisotopic (exact) mass is 621 g/mol. The fraction of sp³-hybridized carbons (Fsp3) is 0.161. The van der Waals surface area contributed by atoms with Gasteiger partial charge in [-0.1, -0.05) is 36.4 Å². The molecule has 1 amide bonds. The maximum atomic E-state index is 14.8. The fourth-order valence-electron chi connectivity index (χ4n) is 5.82. The number of amides is 1. The summed E-state index contributed by atoms with van der Waals surface area (Å²) in [4.78, 5) is 71.2. The predicted molar refractivity (Wildman–Crippen MR) is 157 cm³/mol. The van der Waals surface area contributed by atoms with Gasteiger partial charge in [0.15, 0.2) is 23.3 Å². The van der Waals surface area contributed by atoms with E-state index in [-0.39, 0.29) is 22.8 Å². The number of carbonyl (C=O) groups is 5. The standard InChI is InChI=1S/C31H23N7O8/c1-44-28(41)21-23(35-25-17(14-32)15-33-37(25)18-10-6-4-7-11-18)27(40)36-26-20(16-34-38(26)19-12-8-5-9-13-19)24(39)22(29(42)45-2)31(21,36)30(43)46-3/h4-13,15-16,22,35H,1-3H3/t22-,31+/m0/s1. The van der Waals surface area contributed by atoms with Gasteiger partial charge in [-0.25, -0.2) is 19.0 Å². The van der Waals surface area contributed by atoms with Crippen LogP contribution in [0.3, 0.4) is 0 Å². The number of ketones is 1. The van der Waals surface area contributed by atoms with E-state index in [1.165, 1.54) is 15.6 Å². The van der Waals surface area contributed by atoms with Crippen LogP contribution in [-0.2, 0) is 33.4 Å². The van der Waals surface area contributed by atoms with Gasteiger partial charge >= 0.3 is 17.9 Å². The van der Waals surface area contributed by atoms with E-state index in [2.05, 4.69) is 15.5 Å². The Morgan fingerprint density at radius 3 is 2.04 bits per heavy atom. The molecule has 0 spiro atoms. The zero-order chi connectivity index (χ0) is 32.7. The molecule has 2 aliphatic rings. The quantitative estimate of drug-likeness (QED) is 0.179. The number of para-hydroxylation sites is 2. The molecule has 0 radical (unpaired) electrons. The average molecular weight is 622 g/mol. The van der Waals surface area contributed by atoms with Crippen molar-refractivity contribution in [3.05, 3.63) is 95.5 Å². The van der Waals surface area contributed by atoms with E-state index >= 15 is 0 Å². The third-order valence-electron chi connectivity index (χ3n) is 7.76. The van der Waals surface area contributed by atoms with Gasteiger partial charge in [-0.3, -0.25) is 19.3 Å². The minimum Gasteiger partial charge on any atom is -0.468 e. The number of nitriles is 1. The largest absolute Gasteiger partial charge is 0.468 e. The average Bonchev–Trinajstić information content (AvgIpc) is 3.78. The first kappa shape index (κ1) is 29.5. The summed E-state index contributed by atoms with van der Waals surface area (Å²) in [5, 5.41) is 21.3. The van der Waals surface area contributed by atoms with Crippen molar-refractivity contribution in [1.82, 2.24) is 19.6 Å². The van der Waals surface area contributed by atoms with Crippen molar-refractivity contribution in [2.24, 2.45) is 5.92 Å². The molecule has 0 aliphatic carbocycles. The third-order valence-corrected chi connectivity index (χ3v) is 7.76. The summed E-state index contributed by atoms with van der Waals surface area (Å²) in [6, 6.07) is 18.9. The van der Waals surface area contributed by atoms with Crippen molar-refractivity contribution in [1.29, 1.82) is 5.26 Å². The molecular weight excluding hydrogens is 598 g/mol. The van der Waals surface area contributed by atoms with Gasteiger partial charge < -0.3 is 19.5 Å². The van der Waals surface area contributed by atoms with Crippen LogP contribution in [0.4, 0.5) is 11.6 Å². The number of methoxy groups -OCH3 is 3. The molecule has 15 heteroatoms. The van der Waals surface area contributed by atoms with Gasteiger partial charge in [-0.2, -0.15) is 15.5 Å². The first-order chi connectivity index (χ1) is 22.3. The van der Waals surface area contributed by atoms with Crippen LogP contribution in [-0.4, -0.2) is 76.0 Å². The molecule has 4 aromatic rings. The minimum absolute atomic E-state index is 0.0408. The Morgan fingerprint density at radius 2 is 1.48 bits per heavy atom. The molecule has 2 aromatic carbocycles. The van der Waals surface area contributed by atoms with E-state index < -0.39 is 52.3 Å². The number of hydrogen-bond acceptors (Lipinski definition) is 12. The van der Waals surface area contributed by atoms with Gasteiger partial charge in [0.2, 0.25) is 5.54 Å². The summed E-state index contributed by atoms with van der Waals surface area (Å²) in [5.74, 6) is -8.21. The number of esters is 3. The number of aromatic nitrogens is 4. The van der Waals surface area contributed by atoms with Crippen LogP contribution in [0.25, 0.3) is 11.4 Å². The van der Waals surface area contributed by atoms with Crippen molar-refractivity contribution in [3.8, 4) is 17.4 Å². The summed E-state index contributed by atoms with van der Waals surface area (Å²) in [7, 11) is 2.96. The molecule has 0 fully saturated rings. The number of ether oxygens (including phenoxy) is 3. The molecule has 2 aliphatic heterocycles. The van der Waals surface area contributed by atoms with Crippen LogP contribution in [0, 0.1) is 17.2 Å². The number of nitrogens with zero attached hydrogens (tertiary/aromatic N) is 6. The van der Waals surface area contributed by atoms with Crippen molar-refractivity contribution in [2.75, 3.05) is 31.5 Å². The summed E-state index contributed by atoms with van der Waals surface area (Å²) in [6.07, 6.45) is 2.39. The van der Waals surface area contributed by atoms with E-state index in [9.17, 15) is 29.2 Å². The Balaban J connectivity index is 1.70. The number of nitrogens with one attached hydrogen (secondary N) is 1. The number of fused-ring (bicyclic) bond motifs is 3. The number of benzene rings is 2. The summed E-state index contributed by atoms with van der Waals surface area (Å²) in [6.45, 7) is 0. The second-order valence-corrected chi connectivity index (χ2v) is 9.98. The molecule has 0 unspecified atom stereocenters. The molecule has 1 N–H and O–H groups in total. The molecule has 2 aromatic heterocycles. The van der Waals surface area contributed by atoms with Crippen LogP contribution in [0.15, 0.2) is 84.3 Å². The van der Waals surface area contributed by atoms with Crippen molar-refractivity contribution in [2.45, 2.75) is 5.54 Å². The van der Waals surface area contributed by atoms with Gasteiger partial charge in [-0.15, -0.1) is 0 Å². The van der Waals surface area contributed by atoms with E-state index in [1.807, 2.05) is 6.07 Å². The van der Waals surface area contributed by atoms with Gasteiger partial charge in [0.1, 0.15) is 22.9 Å². The molecule has 46 heavy (non-hydrogen) atoms. The second-order valence-electron chi connectivity index (χ2n) is 9.98. The summed E-state index contributed by atoms with van der Waals surface area (Å²) < 4.78 is 17.7. The maximum Gasteiger partial charge on any atom is 0.339 e. The normalized spacial score (nSPS) is 18.4. The Kier molecular flexibility index (Phi) is 7.17. The highest BCUT2D eigenvalue weighted by atomic mass is 16.5. The van der Waals surface area contributed by atoms with E-state index in [4.69, 9.17) is 14.2 Å². The Labute approximate surface area is 260 Å². The zero-order valence-electron chi connectivity index (χ0n) is 24.5. The molecule has 230 valence electrons. The van der Waals surface area contributed by atoms with Crippen molar-refractivity contribution >= 4 is 41.2 Å². The molecule has 6 rings (SSSR count). The first-order valence-electron chi connectivity index (χ1n) is 13.6. The lowest BCUT2D eigenvalue weighted by molar-refractivity contribution is -0.157. The Hall–Kier alpha value is -6.56. The highest BCUT2D eigenvalue weighted by Crippen LogP contribution is 2.52. The van der Waals surface area contributed by atoms with Crippen LogP contribution < -0.4 is 10.2 Å². The van der Waals surface area contributed by atoms with E-state index in [0.717, 1.165) is 32.4 Å². The van der Waals surface area contributed by atoms with Gasteiger partial charge in [-0.05, 0) is 24.3 Å². The first-order valence-corrected chi connectivity index (χ1v) is 13.6. The summed E-state index contributed by atoms with van der Waals surface area (Å²) >= 11 is 0. The van der Waals surface area contributed by atoms with Crippen LogP contribution in [0.1, 0.15) is 15.9 Å². The third kappa shape index (κ3) is 4.00. The second kappa shape index (κ2) is 11.2. The van der Waals surface area contributed by atoms with Gasteiger partial charge in [0, 0.05) is 0 Å². The SMILES string of the molecule is COC(=O)C1=C(Nc2c(C#N)cnn2-c2ccccc2)C(=O)N2c3c(cnn3-c3ccccc3)C(=O)[C@@H](C(=O)OC)[C@@]12C(=O)OC. The number of carbonyl (C=O) groups excluding carboxylic acids is 5. The Morgan fingerprint density at radius 1 is 0.870 bits per heavy atom. The number of Topliss-reactive ketones (excluding diaryl/α,β-unsaturated/α-hetero) is 1. The van der Waals surface area contributed by atoms with Crippen molar-refractivity contribution < 1.29 is 38.2 Å². The molecule has 2 atom stereocenters. The lowest BCUT2D eigenvalue weighted by atomic mass is 9.71. The Bertz CT molecular complexity index is 2010. The molecular formula is C31H23N7O8. The molecule has 0 saturated heterocycles. The number of anilines is 2. The zero-order valence-corrected chi connectivity index (χ0v) is 24.5. The van der Waals surface area contributed by atoms with Gasteiger partial charge in [0.05, 0.1) is 50.7 Å². The number of rotatable bonds is 7. The smallest absolute Gasteiger partial charge is 0.339 e. The van der Waals surface area contributed by atoms with Crippen molar-refractivity contribution in [3.63, 3.8) is 0 Å². The lowest BCUT2D eigenvalue weighted by Crippen LogP contribution is -2.67. The van der Waals surface area contributed by atoms with E-state index in [1.54, 1.807) is 60.7 Å². The number of hydrogen-bond donors (Lipinski definition) is 1.